The molecule has 0 fully saturated rings. The lowest BCUT2D eigenvalue weighted by Gasteiger charge is -2.07. The number of nitrogens with zero attached hydrogens (tertiary/aromatic N) is 3. The maximum absolute atomic E-state index is 4.96. The van der Waals surface area contributed by atoms with Crippen LogP contribution in [-0.4, -0.2) is 15.0 Å². The molecule has 0 radical (unpaired) electrons. The van der Waals surface area contributed by atoms with E-state index in [0.29, 0.717) is 17.5 Å². The molecule has 3 heterocycles. The van der Waals surface area contributed by atoms with E-state index in [1.54, 1.807) is 11.3 Å². The van der Waals surface area contributed by atoms with Gasteiger partial charge in [-0.3, -0.25) is 0 Å². The fourth-order valence-electron chi connectivity index (χ4n) is 4.29. The van der Waals surface area contributed by atoms with E-state index in [-0.39, 0.29) is 0 Å². The van der Waals surface area contributed by atoms with Crippen LogP contribution in [-0.2, 0) is 0 Å². The molecule has 0 unspecified atom stereocenters. The summed E-state index contributed by atoms with van der Waals surface area (Å²) in [4.78, 5) is 15.8. The lowest BCUT2D eigenvalue weighted by molar-refractivity contribution is 1.08. The summed E-state index contributed by atoms with van der Waals surface area (Å²) >= 11 is 3.53. The van der Waals surface area contributed by atoms with Crippen molar-refractivity contribution in [2.45, 2.75) is 0 Å². The molecule has 0 aliphatic rings. The van der Waals surface area contributed by atoms with Crippen LogP contribution in [0.15, 0.2) is 103 Å². The van der Waals surface area contributed by atoms with E-state index in [1.165, 1.54) is 30.3 Å². The smallest absolute Gasteiger partial charge is 0.174 e. The van der Waals surface area contributed by atoms with Gasteiger partial charge in [0.15, 0.2) is 17.5 Å². The van der Waals surface area contributed by atoms with Crippen LogP contribution in [0.2, 0.25) is 0 Å². The molecule has 5 heteroatoms. The van der Waals surface area contributed by atoms with Crippen molar-refractivity contribution in [2.24, 2.45) is 0 Å². The molecule has 3 nitrogen and oxygen atoms in total. The first-order valence-electron chi connectivity index (χ1n) is 11.0. The van der Waals surface area contributed by atoms with Gasteiger partial charge >= 0.3 is 0 Å². The molecule has 0 bridgehead atoms. The van der Waals surface area contributed by atoms with E-state index in [0.717, 1.165) is 16.0 Å². The molecule has 0 saturated carbocycles. The van der Waals surface area contributed by atoms with Crippen LogP contribution >= 0.6 is 22.7 Å². The van der Waals surface area contributed by atoms with Crippen molar-refractivity contribution < 1.29 is 0 Å². The molecule has 0 N–H and O–H groups in total. The second-order valence-corrected chi connectivity index (χ2v) is 10.3. The first kappa shape index (κ1) is 19.5. The first-order valence-corrected chi connectivity index (χ1v) is 12.7. The number of hydrogen-bond acceptors (Lipinski definition) is 5. The van der Waals surface area contributed by atoms with Crippen molar-refractivity contribution in [3.63, 3.8) is 0 Å². The van der Waals surface area contributed by atoms with E-state index < -0.39 is 0 Å². The maximum atomic E-state index is 4.96. The number of aromatic nitrogens is 3. The van der Waals surface area contributed by atoms with E-state index in [2.05, 4.69) is 72.8 Å². The van der Waals surface area contributed by atoms with Crippen LogP contribution in [0.1, 0.15) is 0 Å². The fourth-order valence-corrected chi connectivity index (χ4v) is 6.37. The van der Waals surface area contributed by atoms with E-state index in [1.807, 2.05) is 41.7 Å². The Morgan fingerprint density at radius 3 is 1.97 bits per heavy atom. The van der Waals surface area contributed by atoms with Crippen LogP contribution in [0.5, 0.6) is 0 Å². The van der Waals surface area contributed by atoms with Crippen LogP contribution in [0.25, 0.3) is 63.7 Å². The zero-order chi connectivity index (χ0) is 22.5. The Bertz CT molecular complexity index is 1780. The number of rotatable bonds is 3. The second kappa shape index (κ2) is 7.83. The topological polar surface area (TPSA) is 38.7 Å². The van der Waals surface area contributed by atoms with Gasteiger partial charge in [0.2, 0.25) is 0 Å². The zero-order valence-corrected chi connectivity index (χ0v) is 19.6. The summed E-state index contributed by atoms with van der Waals surface area (Å²) < 4.78 is 3.79. The van der Waals surface area contributed by atoms with E-state index >= 15 is 0 Å². The highest BCUT2D eigenvalue weighted by atomic mass is 32.1. The van der Waals surface area contributed by atoms with Gasteiger partial charge in [-0.2, -0.15) is 0 Å². The lowest BCUT2D eigenvalue weighted by Crippen LogP contribution is -1.99. The highest BCUT2D eigenvalue weighted by molar-refractivity contribution is 7.25. The largest absolute Gasteiger partial charge is 0.208 e. The summed E-state index contributed by atoms with van der Waals surface area (Å²) in [7, 11) is 0. The molecule has 0 spiro atoms. The summed E-state index contributed by atoms with van der Waals surface area (Å²) in [6.45, 7) is 0. The van der Waals surface area contributed by atoms with Crippen molar-refractivity contribution in [1.82, 2.24) is 15.0 Å². The Hall–Kier alpha value is -3.93. The third-order valence-corrected chi connectivity index (χ3v) is 8.21. The third-order valence-electron chi connectivity index (χ3n) is 5.95. The predicted octanol–water partition coefficient (Wildman–Crippen LogP) is 8.46. The van der Waals surface area contributed by atoms with E-state index in [4.69, 9.17) is 15.0 Å². The van der Waals surface area contributed by atoms with Crippen LogP contribution in [0, 0.1) is 0 Å². The molecule has 0 aliphatic carbocycles. The highest BCUT2D eigenvalue weighted by Gasteiger charge is 2.15. The Morgan fingerprint density at radius 1 is 0.441 bits per heavy atom. The zero-order valence-electron chi connectivity index (χ0n) is 18.0. The SMILES string of the molecule is c1ccc(-c2nc(-c3ccc4sc5ccccc5c4c3)nc(-c3cc4ccccc4s3)n2)cc1. The van der Waals surface area contributed by atoms with Crippen molar-refractivity contribution in [3.8, 4) is 33.5 Å². The molecule has 0 atom stereocenters. The first-order chi connectivity index (χ1) is 16.8. The number of fused-ring (bicyclic) bond motifs is 4. The van der Waals surface area contributed by atoms with Gasteiger partial charge in [0.25, 0.3) is 0 Å². The van der Waals surface area contributed by atoms with Gasteiger partial charge in [-0.1, -0.05) is 66.7 Å². The van der Waals surface area contributed by atoms with Crippen molar-refractivity contribution in [2.75, 3.05) is 0 Å². The minimum atomic E-state index is 0.688. The minimum Gasteiger partial charge on any atom is -0.208 e. The van der Waals surface area contributed by atoms with Gasteiger partial charge in [-0.25, -0.2) is 15.0 Å². The molecule has 7 rings (SSSR count). The highest BCUT2D eigenvalue weighted by Crippen LogP contribution is 2.37. The molecule has 4 aromatic carbocycles. The lowest BCUT2D eigenvalue weighted by atomic mass is 10.1. The Morgan fingerprint density at radius 2 is 1.12 bits per heavy atom. The monoisotopic (exact) mass is 471 g/mol. The predicted molar refractivity (Wildman–Crippen MR) is 144 cm³/mol. The number of thiophene rings is 2. The summed E-state index contributed by atoms with van der Waals surface area (Å²) in [5.74, 6) is 2.09. The number of hydrogen-bond donors (Lipinski definition) is 0. The third kappa shape index (κ3) is 3.29. The van der Waals surface area contributed by atoms with Gasteiger partial charge in [0.1, 0.15) is 0 Å². The van der Waals surface area contributed by atoms with Crippen LogP contribution < -0.4 is 0 Å². The van der Waals surface area contributed by atoms with E-state index in [9.17, 15) is 0 Å². The average molecular weight is 472 g/mol. The van der Waals surface area contributed by atoms with Crippen LogP contribution in [0.3, 0.4) is 0 Å². The second-order valence-electron chi connectivity index (χ2n) is 8.13. The number of benzene rings is 4. The van der Waals surface area contributed by atoms with Crippen molar-refractivity contribution >= 4 is 52.9 Å². The Balaban J connectivity index is 1.45. The summed E-state index contributed by atoms with van der Waals surface area (Å²) in [6.07, 6.45) is 0. The van der Waals surface area contributed by atoms with Crippen LogP contribution in [0.4, 0.5) is 0 Å². The van der Waals surface area contributed by atoms with Gasteiger partial charge in [-0.05, 0) is 41.8 Å². The van der Waals surface area contributed by atoms with Crippen molar-refractivity contribution in [3.05, 3.63) is 103 Å². The van der Waals surface area contributed by atoms with Gasteiger partial charge in [0, 0.05) is 36.0 Å². The molecule has 7 aromatic rings. The quantitative estimate of drug-likeness (QED) is 0.259. The van der Waals surface area contributed by atoms with Gasteiger partial charge in [0.05, 0.1) is 4.88 Å². The normalized spacial score (nSPS) is 11.5. The van der Waals surface area contributed by atoms with Gasteiger partial charge in [-0.15, -0.1) is 22.7 Å². The Labute approximate surface area is 204 Å². The minimum absolute atomic E-state index is 0.688. The molecule has 0 saturated heterocycles. The fraction of sp³-hybridized carbons (Fsp3) is 0. The molecular formula is C29H17N3S2. The van der Waals surface area contributed by atoms with Gasteiger partial charge < -0.3 is 0 Å². The molecule has 3 aromatic heterocycles. The van der Waals surface area contributed by atoms with Crippen molar-refractivity contribution in [1.29, 1.82) is 0 Å². The molecule has 34 heavy (non-hydrogen) atoms. The maximum Gasteiger partial charge on any atom is 0.174 e. The molecule has 160 valence electrons. The summed E-state index contributed by atoms with van der Waals surface area (Å²) in [5, 5.41) is 3.71. The average Bonchev–Trinajstić information content (AvgIpc) is 3.50. The Kier molecular flexibility index (Phi) is 4.50. The summed E-state index contributed by atoms with van der Waals surface area (Å²) in [6, 6.07) is 35.8. The molecular weight excluding hydrogens is 454 g/mol. The summed E-state index contributed by atoms with van der Waals surface area (Å²) in [5.41, 5.74) is 1.98. The standard InChI is InChI=1S/C29H17N3S2/c1-2-8-18(9-3-1)27-30-28(32-29(31-27)26-17-19-10-4-6-12-23(19)33-26)20-14-15-25-22(16-20)21-11-5-7-13-24(21)34-25/h1-17H. The molecule has 0 aliphatic heterocycles. The molecule has 0 amide bonds.